The first kappa shape index (κ1) is 10.2. The minimum Gasteiger partial charge on any atom is -0.337 e. The molecule has 0 atom stereocenters. The van der Waals surface area contributed by atoms with Crippen molar-refractivity contribution in [2.45, 2.75) is 20.8 Å². The quantitative estimate of drug-likeness (QED) is 0.727. The largest absolute Gasteiger partial charge is 0.337 e. The van der Waals surface area contributed by atoms with E-state index in [1.54, 1.807) is 0 Å². The van der Waals surface area contributed by atoms with Crippen molar-refractivity contribution in [1.29, 1.82) is 0 Å². The van der Waals surface area contributed by atoms with Crippen LogP contribution in [0.2, 0.25) is 0 Å². The third-order valence-corrected chi connectivity index (χ3v) is 2.87. The SMILES string of the molecule is Cc1ccc(C)c(-n2c(C)c[nH]c2=S)c1. The Morgan fingerprint density at radius 2 is 1.93 bits per heavy atom. The van der Waals surface area contributed by atoms with Crippen LogP contribution in [-0.4, -0.2) is 9.55 Å². The zero-order valence-corrected chi connectivity index (χ0v) is 9.98. The van der Waals surface area contributed by atoms with Gasteiger partial charge in [-0.3, -0.25) is 4.57 Å². The Morgan fingerprint density at radius 3 is 2.53 bits per heavy atom. The summed E-state index contributed by atoms with van der Waals surface area (Å²) in [4.78, 5) is 3.06. The zero-order chi connectivity index (χ0) is 11.0. The summed E-state index contributed by atoms with van der Waals surface area (Å²) in [6, 6.07) is 6.40. The molecule has 2 rings (SSSR count). The minimum absolute atomic E-state index is 0.751. The molecule has 0 bridgehead atoms. The molecule has 78 valence electrons. The Balaban J connectivity index is 2.74. The van der Waals surface area contributed by atoms with Gasteiger partial charge in [0.05, 0.1) is 5.69 Å². The van der Waals surface area contributed by atoms with Crippen molar-refractivity contribution in [2.24, 2.45) is 0 Å². The lowest BCUT2D eigenvalue weighted by atomic mass is 10.1. The lowest BCUT2D eigenvalue weighted by molar-refractivity contribution is 0.970. The lowest BCUT2D eigenvalue weighted by Crippen LogP contribution is -1.99. The number of aromatic amines is 1. The lowest BCUT2D eigenvalue weighted by Gasteiger charge is -2.09. The van der Waals surface area contributed by atoms with Crippen molar-refractivity contribution in [1.82, 2.24) is 9.55 Å². The Hall–Kier alpha value is -1.35. The minimum atomic E-state index is 0.751. The molecule has 2 aromatic rings. The number of hydrogen-bond acceptors (Lipinski definition) is 1. The summed E-state index contributed by atoms with van der Waals surface area (Å²) in [5.41, 5.74) is 4.78. The molecule has 15 heavy (non-hydrogen) atoms. The highest BCUT2D eigenvalue weighted by molar-refractivity contribution is 7.71. The molecule has 0 unspecified atom stereocenters. The van der Waals surface area contributed by atoms with Crippen LogP contribution in [0.25, 0.3) is 5.69 Å². The molecule has 0 aliphatic rings. The molecular formula is C12H14N2S. The second kappa shape index (κ2) is 3.66. The van der Waals surface area contributed by atoms with Crippen LogP contribution in [0.4, 0.5) is 0 Å². The van der Waals surface area contributed by atoms with E-state index >= 15 is 0 Å². The molecule has 0 aliphatic heterocycles. The van der Waals surface area contributed by atoms with Crippen LogP contribution in [0.5, 0.6) is 0 Å². The molecule has 3 heteroatoms. The predicted octanol–water partition coefficient (Wildman–Crippen LogP) is 3.46. The van der Waals surface area contributed by atoms with Crippen molar-refractivity contribution in [2.75, 3.05) is 0 Å². The molecule has 1 heterocycles. The maximum atomic E-state index is 5.27. The Kier molecular flexibility index (Phi) is 2.49. The van der Waals surface area contributed by atoms with Crippen molar-refractivity contribution in [3.05, 3.63) is 46.0 Å². The van der Waals surface area contributed by atoms with E-state index in [1.165, 1.54) is 16.8 Å². The molecule has 0 amide bonds. The summed E-state index contributed by atoms with van der Waals surface area (Å²) >= 11 is 5.27. The number of nitrogens with zero attached hydrogens (tertiary/aromatic N) is 1. The molecule has 1 aromatic heterocycles. The van der Waals surface area contributed by atoms with E-state index < -0.39 is 0 Å². The maximum absolute atomic E-state index is 5.27. The van der Waals surface area contributed by atoms with Gasteiger partial charge in [-0.25, -0.2) is 0 Å². The molecule has 0 saturated carbocycles. The number of imidazole rings is 1. The van der Waals surface area contributed by atoms with Crippen LogP contribution >= 0.6 is 12.2 Å². The summed E-state index contributed by atoms with van der Waals surface area (Å²) in [5, 5.41) is 0. The molecule has 0 saturated heterocycles. The predicted molar refractivity (Wildman–Crippen MR) is 65.2 cm³/mol. The van der Waals surface area contributed by atoms with Gasteiger partial charge >= 0.3 is 0 Å². The van der Waals surface area contributed by atoms with Crippen molar-refractivity contribution in [3.8, 4) is 5.69 Å². The molecule has 2 nitrogen and oxygen atoms in total. The van der Waals surface area contributed by atoms with Crippen molar-refractivity contribution >= 4 is 12.2 Å². The van der Waals surface area contributed by atoms with Crippen molar-refractivity contribution in [3.63, 3.8) is 0 Å². The third-order valence-electron chi connectivity index (χ3n) is 2.57. The number of nitrogens with one attached hydrogen (secondary N) is 1. The molecular weight excluding hydrogens is 204 g/mol. The Bertz CT molecular complexity index is 549. The van der Waals surface area contributed by atoms with Crippen LogP contribution in [-0.2, 0) is 0 Å². The normalized spacial score (nSPS) is 10.6. The fourth-order valence-electron chi connectivity index (χ4n) is 1.72. The van der Waals surface area contributed by atoms with E-state index in [9.17, 15) is 0 Å². The Morgan fingerprint density at radius 1 is 1.20 bits per heavy atom. The first-order valence-corrected chi connectivity index (χ1v) is 5.35. The van der Waals surface area contributed by atoms with Crippen LogP contribution in [0.3, 0.4) is 0 Å². The highest BCUT2D eigenvalue weighted by Gasteiger charge is 2.05. The molecule has 1 N–H and O–H groups in total. The first-order chi connectivity index (χ1) is 7.09. The van der Waals surface area contributed by atoms with E-state index in [0.717, 1.165) is 10.5 Å². The summed E-state index contributed by atoms with van der Waals surface area (Å²) in [6.45, 7) is 6.24. The summed E-state index contributed by atoms with van der Waals surface area (Å²) in [6.07, 6.45) is 1.93. The van der Waals surface area contributed by atoms with Crippen LogP contribution < -0.4 is 0 Å². The summed E-state index contributed by atoms with van der Waals surface area (Å²) in [7, 11) is 0. The molecule has 1 aromatic carbocycles. The second-order valence-electron chi connectivity index (χ2n) is 3.86. The van der Waals surface area contributed by atoms with E-state index in [-0.39, 0.29) is 0 Å². The van der Waals surface area contributed by atoms with Gasteiger partial charge in [-0.1, -0.05) is 12.1 Å². The van der Waals surface area contributed by atoms with Crippen molar-refractivity contribution < 1.29 is 0 Å². The van der Waals surface area contributed by atoms with Gasteiger partial charge in [0.15, 0.2) is 4.77 Å². The van der Waals surface area contributed by atoms with Gasteiger partial charge in [0.2, 0.25) is 0 Å². The first-order valence-electron chi connectivity index (χ1n) is 4.94. The molecule has 0 spiro atoms. The van der Waals surface area contributed by atoms with Gasteiger partial charge in [-0.15, -0.1) is 0 Å². The van der Waals surface area contributed by atoms with Gasteiger partial charge in [-0.05, 0) is 50.2 Å². The van der Waals surface area contributed by atoms with Gasteiger partial charge in [-0.2, -0.15) is 0 Å². The monoisotopic (exact) mass is 218 g/mol. The van der Waals surface area contributed by atoms with Crippen LogP contribution in [0.1, 0.15) is 16.8 Å². The number of aromatic nitrogens is 2. The number of benzene rings is 1. The number of aryl methyl sites for hydroxylation is 3. The smallest absolute Gasteiger partial charge is 0.182 e. The van der Waals surface area contributed by atoms with Crippen LogP contribution in [0.15, 0.2) is 24.4 Å². The number of rotatable bonds is 1. The van der Waals surface area contributed by atoms with E-state index in [2.05, 4.69) is 41.6 Å². The van der Waals surface area contributed by atoms with Gasteiger partial charge in [0, 0.05) is 11.9 Å². The summed E-state index contributed by atoms with van der Waals surface area (Å²) < 4.78 is 2.82. The zero-order valence-electron chi connectivity index (χ0n) is 9.16. The fraction of sp³-hybridized carbons (Fsp3) is 0.250. The highest BCUT2D eigenvalue weighted by Crippen LogP contribution is 2.18. The van der Waals surface area contributed by atoms with Crippen LogP contribution in [0, 0.1) is 25.5 Å². The maximum Gasteiger partial charge on any atom is 0.182 e. The second-order valence-corrected chi connectivity index (χ2v) is 4.25. The molecule has 0 fully saturated rings. The van der Waals surface area contributed by atoms with Gasteiger partial charge in [0.25, 0.3) is 0 Å². The van der Waals surface area contributed by atoms with E-state index in [4.69, 9.17) is 12.2 Å². The Labute approximate surface area is 94.6 Å². The van der Waals surface area contributed by atoms with Gasteiger partial charge in [0.1, 0.15) is 0 Å². The standard InChI is InChI=1S/C12H14N2S/c1-8-4-5-9(2)11(6-8)14-10(3)7-13-12(14)15/h4-7H,1-3H3,(H,13,15). The van der Waals surface area contributed by atoms with E-state index in [0.29, 0.717) is 0 Å². The highest BCUT2D eigenvalue weighted by atomic mass is 32.1. The average molecular weight is 218 g/mol. The number of H-pyrrole nitrogens is 1. The number of hydrogen-bond donors (Lipinski definition) is 1. The summed E-state index contributed by atoms with van der Waals surface area (Å²) in [5.74, 6) is 0. The third kappa shape index (κ3) is 1.75. The average Bonchev–Trinajstić information content (AvgIpc) is 2.51. The topological polar surface area (TPSA) is 20.7 Å². The molecule has 0 aliphatic carbocycles. The fourth-order valence-corrected chi connectivity index (χ4v) is 2.02. The molecule has 0 radical (unpaired) electrons. The van der Waals surface area contributed by atoms with Gasteiger partial charge < -0.3 is 4.98 Å². The van der Waals surface area contributed by atoms with E-state index in [1.807, 2.05) is 13.1 Å².